The van der Waals surface area contributed by atoms with Crippen LogP contribution in [0.1, 0.15) is 104 Å². The molecule has 0 unspecified atom stereocenters. The fourth-order valence-electron chi connectivity index (χ4n) is 2.47. The minimum atomic E-state index is 0.775. The van der Waals surface area contributed by atoms with Gasteiger partial charge in [0.05, 0.1) is 0 Å². The molecule has 0 saturated carbocycles. The molecular formula is C19H40O. The standard InChI is InChI=1S/C19H40O/c1-4-5-6-7-8-9-10-11-12-13-14-15-17-20-18-16-19(2)3/h19H,4-18H2,1-3H3. The summed E-state index contributed by atoms with van der Waals surface area (Å²) in [4.78, 5) is 0. The van der Waals surface area contributed by atoms with Crippen LogP contribution in [0.15, 0.2) is 0 Å². The molecule has 0 aliphatic carbocycles. The molecular weight excluding hydrogens is 244 g/mol. The maximum Gasteiger partial charge on any atom is 0.0468 e. The van der Waals surface area contributed by atoms with Gasteiger partial charge in [-0.25, -0.2) is 0 Å². The predicted octanol–water partition coefficient (Wildman–Crippen LogP) is 6.75. The molecule has 0 amide bonds. The zero-order valence-electron chi connectivity index (χ0n) is 14.6. The first-order valence-corrected chi connectivity index (χ1v) is 9.35. The highest BCUT2D eigenvalue weighted by molar-refractivity contribution is 4.49. The van der Waals surface area contributed by atoms with Crippen molar-refractivity contribution in [2.75, 3.05) is 13.2 Å². The summed E-state index contributed by atoms with van der Waals surface area (Å²) < 4.78 is 5.64. The summed E-state index contributed by atoms with van der Waals surface area (Å²) in [6.07, 6.45) is 18.2. The summed E-state index contributed by atoms with van der Waals surface area (Å²) in [6.45, 7) is 8.73. The van der Waals surface area contributed by atoms with E-state index in [-0.39, 0.29) is 0 Å². The van der Waals surface area contributed by atoms with E-state index >= 15 is 0 Å². The maximum atomic E-state index is 5.64. The van der Waals surface area contributed by atoms with E-state index in [1.807, 2.05) is 0 Å². The molecule has 1 heteroatoms. The lowest BCUT2D eigenvalue weighted by molar-refractivity contribution is 0.119. The fourth-order valence-corrected chi connectivity index (χ4v) is 2.47. The monoisotopic (exact) mass is 284 g/mol. The number of rotatable bonds is 16. The molecule has 0 aromatic carbocycles. The van der Waals surface area contributed by atoms with Gasteiger partial charge in [0.2, 0.25) is 0 Å². The summed E-state index contributed by atoms with van der Waals surface area (Å²) in [6, 6.07) is 0. The van der Waals surface area contributed by atoms with Crippen LogP contribution in [-0.4, -0.2) is 13.2 Å². The van der Waals surface area contributed by atoms with Gasteiger partial charge in [0.15, 0.2) is 0 Å². The van der Waals surface area contributed by atoms with Crippen molar-refractivity contribution < 1.29 is 4.74 Å². The summed E-state index contributed by atoms with van der Waals surface area (Å²) in [5.41, 5.74) is 0. The third-order valence-electron chi connectivity index (χ3n) is 3.98. The van der Waals surface area contributed by atoms with Crippen molar-refractivity contribution in [1.29, 1.82) is 0 Å². The number of ether oxygens (including phenoxy) is 1. The highest BCUT2D eigenvalue weighted by Crippen LogP contribution is 2.12. The van der Waals surface area contributed by atoms with Gasteiger partial charge < -0.3 is 4.74 Å². The Labute approximate surface area is 128 Å². The predicted molar refractivity (Wildman–Crippen MR) is 91.4 cm³/mol. The Bertz CT molecular complexity index is 165. The second-order valence-corrected chi connectivity index (χ2v) is 6.68. The molecule has 0 saturated heterocycles. The van der Waals surface area contributed by atoms with Gasteiger partial charge in [0.25, 0.3) is 0 Å². The molecule has 20 heavy (non-hydrogen) atoms. The minimum absolute atomic E-state index is 0.775. The zero-order valence-corrected chi connectivity index (χ0v) is 14.6. The topological polar surface area (TPSA) is 9.23 Å². The van der Waals surface area contributed by atoms with Crippen molar-refractivity contribution in [3.8, 4) is 0 Å². The van der Waals surface area contributed by atoms with Crippen molar-refractivity contribution in [2.24, 2.45) is 5.92 Å². The third-order valence-corrected chi connectivity index (χ3v) is 3.98. The Hall–Kier alpha value is -0.0400. The lowest BCUT2D eigenvalue weighted by Gasteiger charge is -2.06. The van der Waals surface area contributed by atoms with Crippen LogP contribution in [0.5, 0.6) is 0 Å². The van der Waals surface area contributed by atoms with E-state index in [4.69, 9.17) is 4.74 Å². The van der Waals surface area contributed by atoms with Crippen LogP contribution in [0.25, 0.3) is 0 Å². The highest BCUT2D eigenvalue weighted by atomic mass is 16.5. The second kappa shape index (κ2) is 17.0. The first-order valence-electron chi connectivity index (χ1n) is 9.35. The summed E-state index contributed by atoms with van der Waals surface area (Å²) in [7, 11) is 0. The van der Waals surface area contributed by atoms with Crippen molar-refractivity contribution in [3.05, 3.63) is 0 Å². The van der Waals surface area contributed by atoms with Crippen LogP contribution in [0, 0.1) is 5.92 Å². The van der Waals surface area contributed by atoms with E-state index in [0.717, 1.165) is 19.1 Å². The van der Waals surface area contributed by atoms with E-state index in [0.29, 0.717) is 0 Å². The largest absolute Gasteiger partial charge is 0.381 e. The van der Waals surface area contributed by atoms with Crippen molar-refractivity contribution in [3.63, 3.8) is 0 Å². The van der Waals surface area contributed by atoms with Crippen LogP contribution < -0.4 is 0 Å². The lowest BCUT2D eigenvalue weighted by Crippen LogP contribution is -2.00. The smallest absolute Gasteiger partial charge is 0.0468 e. The molecule has 0 bridgehead atoms. The SMILES string of the molecule is CCCCCCCCCCCCCCOCCC(C)C. The van der Waals surface area contributed by atoms with Crippen molar-refractivity contribution in [2.45, 2.75) is 104 Å². The van der Waals surface area contributed by atoms with Gasteiger partial charge in [0.1, 0.15) is 0 Å². The molecule has 0 aromatic rings. The Morgan fingerprint density at radius 1 is 0.600 bits per heavy atom. The summed E-state index contributed by atoms with van der Waals surface area (Å²) in [5.74, 6) is 0.775. The van der Waals surface area contributed by atoms with Crippen LogP contribution >= 0.6 is 0 Å². The van der Waals surface area contributed by atoms with Crippen LogP contribution in [0.3, 0.4) is 0 Å². The summed E-state index contributed by atoms with van der Waals surface area (Å²) in [5, 5.41) is 0. The van der Waals surface area contributed by atoms with Crippen molar-refractivity contribution in [1.82, 2.24) is 0 Å². The average Bonchev–Trinajstić information content (AvgIpc) is 2.43. The maximum absolute atomic E-state index is 5.64. The van der Waals surface area contributed by atoms with E-state index in [1.165, 1.54) is 83.5 Å². The molecule has 0 spiro atoms. The van der Waals surface area contributed by atoms with Gasteiger partial charge in [-0.1, -0.05) is 91.4 Å². The molecule has 0 radical (unpaired) electrons. The van der Waals surface area contributed by atoms with Gasteiger partial charge in [-0.15, -0.1) is 0 Å². The molecule has 1 nitrogen and oxygen atoms in total. The van der Waals surface area contributed by atoms with E-state index in [1.54, 1.807) is 0 Å². The summed E-state index contributed by atoms with van der Waals surface area (Å²) >= 11 is 0. The van der Waals surface area contributed by atoms with Crippen LogP contribution in [0.4, 0.5) is 0 Å². The normalized spacial score (nSPS) is 11.4. The molecule has 0 aromatic heterocycles. The Morgan fingerprint density at radius 3 is 1.50 bits per heavy atom. The van der Waals surface area contributed by atoms with E-state index in [2.05, 4.69) is 20.8 Å². The second-order valence-electron chi connectivity index (χ2n) is 6.68. The van der Waals surface area contributed by atoms with Gasteiger partial charge in [-0.2, -0.15) is 0 Å². The molecule has 122 valence electrons. The molecule has 0 fully saturated rings. The van der Waals surface area contributed by atoms with Gasteiger partial charge in [-0.05, 0) is 18.8 Å². The molecule has 0 atom stereocenters. The van der Waals surface area contributed by atoms with Gasteiger partial charge in [0, 0.05) is 13.2 Å². The average molecular weight is 285 g/mol. The van der Waals surface area contributed by atoms with Crippen LogP contribution in [-0.2, 0) is 4.74 Å². The van der Waals surface area contributed by atoms with Crippen LogP contribution in [0.2, 0.25) is 0 Å². The molecule has 0 heterocycles. The fraction of sp³-hybridized carbons (Fsp3) is 1.00. The van der Waals surface area contributed by atoms with E-state index < -0.39 is 0 Å². The van der Waals surface area contributed by atoms with Crippen molar-refractivity contribution >= 4 is 0 Å². The molecule has 0 N–H and O–H groups in total. The molecule has 0 rings (SSSR count). The zero-order chi connectivity index (χ0) is 14.9. The quantitative estimate of drug-likeness (QED) is 0.285. The van der Waals surface area contributed by atoms with Gasteiger partial charge in [-0.3, -0.25) is 0 Å². The number of hydrogen-bond donors (Lipinski definition) is 0. The lowest BCUT2D eigenvalue weighted by atomic mass is 10.1. The Morgan fingerprint density at radius 2 is 1.05 bits per heavy atom. The number of unbranched alkanes of at least 4 members (excludes halogenated alkanes) is 11. The first-order chi connectivity index (χ1) is 9.77. The third kappa shape index (κ3) is 18.0. The van der Waals surface area contributed by atoms with Gasteiger partial charge >= 0.3 is 0 Å². The minimum Gasteiger partial charge on any atom is -0.381 e. The molecule has 0 aliphatic heterocycles. The Kier molecular flexibility index (Phi) is 17.0. The number of hydrogen-bond acceptors (Lipinski definition) is 1. The van der Waals surface area contributed by atoms with E-state index in [9.17, 15) is 0 Å². The highest BCUT2D eigenvalue weighted by Gasteiger charge is 1.95. The Balaban J connectivity index is 2.92. The molecule has 0 aliphatic rings. The first kappa shape index (κ1) is 20.0.